The number of carbonyl (C=O) groups excluding carboxylic acids is 1. The van der Waals surface area contributed by atoms with Crippen molar-refractivity contribution >= 4 is 21.8 Å². The minimum absolute atomic E-state index is 0.218. The van der Waals surface area contributed by atoms with Gasteiger partial charge in [-0.3, -0.25) is 4.79 Å². The van der Waals surface area contributed by atoms with Crippen LogP contribution in [0.1, 0.15) is 19.3 Å². The van der Waals surface area contributed by atoms with Crippen molar-refractivity contribution in [2.24, 2.45) is 0 Å². The molecule has 2 nitrogen and oxygen atoms in total. The SMILES string of the molecule is O=C1C(Br)CCCN1CCC(F)(F)F. The third-order valence-electron chi connectivity index (χ3n) is 2.13. The van der Waals surface area contributed by atoms with Crippen LogP contribution in [-0.4, -0.2) is 34.9 Å². The zero-order chi connectivity index (χ0) is 10.8. The van der Waals surface area contributed by atoms with E-state index in [1.807, 2.05) is 0 Å². The van der Waals surface area contributed by atoms with Crippen LogP contribution < -0.4 is 0 Å². The van der Waals surface area contributed by atoms with Gasteiger partial charge in [0, 0.05) is 13.1 Å². The molecule has 0 saturated carbocycles. The van der Waals surface area contributed by atoms with Crippen molar-refractivity contribution in [3.8, 4) is 0 Å². The highest BCUT2D eigenvalue weighted by Crippen LogP contribution is 2.23. The van der Waals surface area contributed by atoms with Gasteiger partial charge < -0.3 is 4.90 Å². The number of hydrogen-bond acceptors (Lipinski definition) is 1. The van der Waals surface area contributed by atoms with E-state index in [2.05, 4.69) is 15.9 Å². The molecule has 6 heteroatoms. The molecule has 1 aliphatic rings. The molecule has 0 bridgehead atoms. The van der Waals surface area contributed by atoms with Crippen molar-refractivity contribution in [3.05, 3.63) is 0 Å². The van der Waals surface area contributed by atoms with Crippen molar-refractivity contribution in [2.75, 3.05) is 13.1 Å². The number of carbonyl (C=O) groups is 1. The highest BCUT2D eigenvalue weighted by Gasteiger charge is 2.32. The van der Waals surface area contributed by atoms with Crippen LogP contribution in [0.15, 0.2) is 0 Å². The number of halogens is 4. The van der Waals surface area contributed by atoms with Gasteiger partial charge >= 0.3 is 6.18 Å². The molecule has 1 unspecified atom stereocenters. The first-order chi connectivity index (χ1) is 6.40. The molecule has 1 amide bonds. The van der Waals surface area contributed by atoms with E-state index in [0.29, 0.717) is 13.0 Å². The summed E-state index contributed by atoms with van der Waals surface area (Å²) in [4.78, 5) is 12.3. The molecule has 1 rings (SSSR count). The fraction of sp³-hybridized carbons (Fsp3) is 0.875. The lowest BCUT2D eigenvalue weighted by Gasteiger charge is -2.29. The molecule has 0 aromatic rings. The van der Waals surface area contributed by atoms with Crippen molar-refractivity contribution in [1.82, 2.24) is 4.90 Å². The monoisotopic (exact) mass is 273 g/mol. The summed E-state index contributed by atoms with van der Waals surface area (Å²) >= 11 is 3.14. The molecule has 0 aliphatic carbocycles. The van der Waals surface area contributed by atoms with E-state index in [1.54, 1.807) is 0 Å². The molecule has 1 aliphatic heterocycles. The summed E-state index contributed by atoms with van der Waals surface area (Å²) in [7, 11) is 0. The van der Waals surface area contributed by atoms with E-state index in [4.69, 9.17) is 0 Å². The summed E-state index contributed by atoms with van der Waals surface area (Å²) in [6, 6.07) is 0. The highest BCUT2D eigenvalue weighted by molar-refractivity contribution is 9.10. The van der Waals surface area contributed by atoms with E-state index in [9.17, 15) is 18.0 Å². The number of nitrogens with zero attached hydrogens (tertiary/aromatic N) is 1. The lowest BCUT2D eigenvalue weighted by atomic mass is 10.1. The summed E-state index contributed by atoms with van der Waals surface area (Å²) in [5.74, 6) is -0.222. The predicted octanol–water partition coefficient (Wildman–Crippen LogP) is 2.32. The van der Waals surface area contributed by atoms with Crippen molar-refractivity contribution in [3.63, 3.8) is 0 Å². The number of piperidine rings is 1. The van der Waals surface area contributed by atoms with Gasteiger partial charge in [-0.25, -0.2) is 0 Å². The van der Waals surface area contributed by atoms with E-state index in [-0.39, 0.29) is 17.3 Å². The van der Waals surface area contributed by atoms with Gasteiger partial charge in [0.05, 0.1) is 11.2 Å². The number of rotatable bonds is 2. The van der Waals surface area contributed by atoms with Gasteiger partial charge in [-0.2, -0.15) is 13.2 Å². The summed E-state index contributed by atoms with van der Waals surface area (Å²) in [5.41, 5.74) is 0. The number of amides is 1. The quantitative estimate of drug-likeness (QED) is 0.708. The van der Waals surface area contributed by atoms with Crippen LogP contribution in [0, 0.1) is 0 Å². The minimum Gasteiger partial charge on any atom is -0.341 e. The van der Waals surface area contributed by atoms with Crippen LogP contribution in [-0.2, 0) is 4.79 Å². The van der Waals surface area contributed by atoms with Crippen molar-refractivity contribution < 1.29 is 18.0 Å². The molecule has 82 valence electrons. The fourth-order valence-corrected chi connectivity index (χ4v) is 1.99. The normalized spacial score (nSPS) is 24.1. The topological polar surface area (TPSA) is 20.3 Å². The maximum atomic E-state index is 11.9. The maximum absolute atomic E-state index is 11.9. The number of likely N-dealkylation sites (tertiary alicyclic amines) is 1. The van der Waals surface area contributed by atoms with E-state index in [1.165, 1.54) is 4.90 Å². The first-order valence-electron chi connectivity index (χ1n) is 4.40. The lowest BCUT2D eigenvalue weighted by Crippen LogP contribution is -2.43. The van der Waals surface area contributed by atoms with Gasteiger partial charge in [-0.05, 0) is 12.8 Å². The smallest absolute Gasteiger partial charge is 0.341 e. The fourth-order valence-electron chi connectivity index (χ4n) is 1.38. The summed E-state index contributed by atoms with van der Waals surface area (Å²) in [6.07, 6.45) is -3.63. The summed E-state index contributed by atoms with van der Waals surface area (Å²) in [5, 5.41) is 0. The first kappa shape index (κ1) is 11.8. The molecule has 1 saturated heterocycles. The van der Waals surface area contributed by atoms with Crippen LogP contribution in [0.5, 0.6) is 0 Å². The minimum atomic E-state index is -4.18. The third-order valence-corrected chi connectivity index (χ3v) is 2.98. The predicted molar refractivity (Wildman–Crippen MR) is 49.2 cm³/mol. The zero-order valence-electron chi connectivity index (χ0n) is 7.48. The summed E-state index contributed by atoms with van der Waals surface area (Å²) < 4.78 is 35.7. The Morgan fingerprint density at radius 1 is 1.50 bits per heavy atom. The van der Waals surface area contributed by atoms with Gasteiger partial charge in [0.25, 0.3) is 0 Å². The van der Waals surface area contributed by atoms with E-state index >= 15 is 0 Å². The Bertz CT molecular complexity index is 219. The standard InChI is InChI=1S/C8H11BrF3NO/c9-6-2-1-4-13(7(6)14)5-3-8(10,11)12/h6H,1-5H2. The largest absolute Gasteiger partial charge is 0.390 e. The molecule has 0 spiro atoms. The molecular weight excluding hydrogens is 263 g/mol. The molecule has 14 heavy (non-hydrogen) atoms. The van der Waals surface area contributed by atoms with E-state index < -0.39 is 12.6 Å². The highest BCUT2D eigenvalue weighted by atomic mass is 79.9. The molecule has 0 aromatic heterocycles. The Morgan fingerprint density at radius 2 is 2.14 bits per heavy atom. The average molecular weight is 274 g/mol. The Labute approximate surface area is 88.6 Å². The second-order valence-corrected chi connectivity index (χ2v) is 4.41. The third kappa shape index (κ3) is 3.48. The van der Waals surface area contributed by atoms with Gasteiger partial charge in [-0.15, -0.1) is 0 Å². The van der Waals surface area contributed by atoms with Crippen LogP contribution in [0.3, 0.4) is 0 Å². The average Bonchev–Trinajstić information content (AvgIpc) is 2.06. The molecule has 1 heterocycles. The molecule has 1 fully saturated rings. The zero-order valence-corrected chi connectivity index (χ0v) is 9.07. The summed E-state index contributed by atoms with van der Waals surface area (Å²) in [6.45, 7) is 0.224. The van der Waals surface area contributed by atoms with E-state index in [0.717, 1.165) is 6.42 Å². The number of alkyl halides is 4. The van der Waals surface area contributed by atoms with Crippen LogP contribution in [0.25, 0.3) is 0 Å². The van der Waals surface area contributed by atoms with Crippen LogP contribution in [0.2, 0.25) is 0 Å². The van der Waals surface area contributed by atoms with Gasteiger partial charge in [0.15, 0.2) is 0 Å². The first-order valence-corrected chi connectivity index (χ1v) is 5.31. The molecule has 0 radical (unpaired) electrons. The Morgan fingerprint density at radius 3 is 2.71 bits per heavy atom. The lowest BCUT2D eigenvalue weighted by molar-refractivity contribution is -0.146. The second kappa shape index (κ2) is 4.51. The van der Waals surface area contributed by atoms with Crippen molar-refractivity contribution in [2.45, 2.75) is 30.3 Å². The molecule has 1 atom stereocenters. The molecule has 0 aromatic carbocycles. The number of hydrogen-bond donors (Lipinski definition) is 0. The second-order valence-electron chi connectivity index (χ2n) is 3.30. The Hall–Kier alpha value is -0.260. The van der Waals surface area contributed by atoms with Crippen LogP contribution in [0.4, 0.5) is 13.2 Å². The van der Waals surface area contributed by atoms with Gasteiger partial charge in [0.1, 0.15) is 0 Å². The van der Waals surface area contributed by atoms with Gasteiger partial charge in [-0.1, -0.05) is 15.9 Å². The van der Waals surface area contributed by atoms with Crippen molar-refractivity contribution in [1.29, 1.82) is 0 Å². The Kier molecular flexibility index (Phi) is 3.80. The van der Waals surface area contributed by atoms with Gasteiger partial charge in [0.2, 0.25) is 5.91 Å². The molecule has 0 N–H and O–H groups in total. The maximum Gasteiger partial charge on any atom is 0.390 e. The molecular formula is C8H11BrF3NO. The Balaban J connectivity index is 2.40. The van der Waals surface area contributed by atoms with Crippen LogP contribution >= 0.6 is 15.9 Å².